The van der Waals surface area contributed by atoms with Crippen LogP contribution in [0.1, 0.15) is 24.0 Å². The first-order valence-electron chi connectivity index (χ1n) is 11.1. The number of anilines is 1. The van der Waals surface area contributed by atoms with Crippen molar-refractivity contribution < 1.29 is 9.53 Å². The second kappa shape index (κ2) is 9.87. The van der Waals surface area contributed by atoms with E-state index in [2.05, 4.69) is 15.2 Å². The predicted octanol–water partition coefficient (Wildman–Crippen LogP) is 3.98. The second-order valence-electron chi connectivity index (χ2n) is 8.34. The number of aromatic amines is 1. The molecule has 7 heteroatoms. The lowest BCUT2D eigenvalue weighted by molar-refractivity contribution is 0.197. The summed E-state index contributed by atoms with van der Waals surface area (Å²) < 4.78 is 5.19. The topological polar surface area (TPSA) is 77.7 Å². The zero-order valence-electron chi connectivity index (χ0n) is 18.7. The lowest BCUT2D eigenvalue weighted by atomic mass is 10.1. The van der Waals surface area contributed by atoms with Gasteiger partial charge in [0.25, 0.3) is 5.56 Å². The summed E-state index contributed by atoms with van der Waals surface area (Å²) in [6.07, 6.45) is 2.39. The summed E-state index contributed by atoms with van der Waals surface area (Å²) in [6.45, 7) is 5.73. The first kappa shape index (κ1) is 21.9. The Labute approximate surface area is 188 Å². The van der Waals surface area contributed by atoms with Crippen molar-refractivity contribution in [3.8, 4) is 5.75 Å². The maximum Gasteiger partial charge on any atom is 0.322 e. The number of aromatic nitrogens is 1. The van der Waals surface area contributed by atoms with Crippen LogP contribution in [0.25, 0.3) is 10.9 Å². The largest absolute Gasteiger partial charge is 0.497 e. The van der Waals surface area contributed by atoms with E-state index in [1.54, 1.807) is 36.3 Å². The number of nitrogens with zero attached hydrogens (tertiary/aromatic N) is 2. The number of benzene rings is 2. The molecule has 0 spiro atoms. The highest BCUT2D eigenvalue weighted by atomic mass is 16.5. The molecule has 2 N–H and O–H groups in total. The Morgan fingerprint density at radius 1 is 1.12 bits per heavy atom. The first-order chi connectivity index (χ1) is 15.5. The van der Waals surface area contributed by atoms with Crippen LogP contribution >= 0.6 is 0 Å². The summed E-state index contributed by atoms with van der Waals surface area (Å²) in [5.74, 6) is 0.729. The summed E-state index contributed by atoms with van der Waals surface area (Å²) in [5, 5.41) is 3.92. The van der Waals surface area contributed by atoms with Gasteiger partial charge in [0.15, 0.2) is 0 Å². The molecule has 2 heterocycles. The van der Waals surface area contributed by atoms with E-state index in [0.717, 1.165) is 41.9 Å². The van der Waals surface area contributed by atoms with Crippen molar-refractivity contribution in [2.24, 2.45) is 0 Å². The smallest absolute Gasteiger partial charge is 0.322 e. The van der Waals surface area contributed by atoms with E-state index in [1.165, 1.54) is 12.8 Å². The van der Waals surface area contributed by atoms with E-state index in [9.17, 15) is 9.59 Å². The van der Waals surface area contributed by atoms with Crippen LogP contribution in [0.3, 0.4) is 0 Å². The van der Waals surface area contributed by atoms with Crippen LogP contribution in [-0.2, 0) is 6.54 Å². The number of ether oxygens (including phenoxy) is 1. The Bertz CT molecular complexity index is 1130. The number of H-pyrrole nitrogens is 1. The number of hydrogen-bond donors (Lipinski definition) is 2. The third-order valence-corrected chi connectivity index (χ3v) is 5.95. The number of urea groups is 1. The summed E-state index contributed by atoms with van der Waals surface area (Å²) in [5.41, 5.74) is 3.03. The zero-order valence-corrected chi connectivity index (χ0v) is 18.7. The van der Waals surface area contributed by atoms with Crippen LogP contribution in [0.2, 0.25) is 0 Å². The number of fused-ring (bicyclic) bond motifs is 1. The average Bonchev–Trinajstić information content (AvgIpc) is 3.31. The lowest BCUT2D eigenvalue weighted by Gasteiger charge is -2.26. The number of hydrogen-bond acceptors (Lipinski definition) is 4. The number of aryl methyl sites for hydroxylation is 1. The van der Waals surface area contributed by atoms with Crippen molar-refractivity contribution in [1.82, 2.24) is 14.8 Å². The Hall–Kier alpha value is -3.32. The summed E-state index contributed by atoms with van der Waals surface area (Å²) in [7, 11) is 1.61. The summed E-state index contributed by atoms with van der Waals surface area (Å²) in [6, 6.07) is 14.8. The second-order valence-corrected chi connectivity index (χ2v) is 8.34. The van der Waals surface area contributed by atoms with Gasteiger partial charge in [0.1, 0.15) is 5.75 Å². The van der Waals surface area contributed by atoms with Gasteiger partial charge >= 0.3 is 6.03 Å². The molecule has 0 aliphatic carbocycles. The minimum absolute atomic E-state index is 0.162. The van der Waals surface area contributed by atoms with Crippen LogP contribution in [-0.4, -0.2) is 54.1 Å². The van der Waals surface area contributed by atoms with Gasteiger partial charge in [-0.25, -0.2) is 4.79 Å². The standard InChI is InChI=1S/C25H30N4O3/c1-18-5-10-23-19(15-18)16-20(24(30)27-23)17-29(14-13-28-11-3-4-12-28)25(31)26-21-6-8-22(32-2)9-7-21/h5-10,15-16H,3-4,11-14,17H2,1-2H3,(H,26,31)(H,27,30). The fourth-order valence-corrected chi connectivity index (χ4v) is 4.09. The fraction of sp³-hybridized carbons (Fsp3) is 0.360. The summed E-state index contributed by atoms with van der Waals surface area (Å²) >= 11 is 0. The van der Waals surface area contributed by atoms with Crippen molar-refractivity contribution in [1.29, 1.82) is 0 Å². The number of likely N-dealkylation sites (tertiary alicyclic amines) is 1. The van der Waals surface area contributed by atoms with Crippen molar-refractivity contribution in [3.05, 3.63) is 70.0 Å². The molecule has 4 rings (SSSR count). The van der Waals surface area contributed by atoms with Gasteiger partial charge in [-0.05, 0) is 80.7 Å². The lowest BCUT2D eigenvalue weighted by Crippen LogP contribution is -2.41. The van der Waals surface area contributed by atoms with Crippen molar-refractivity contribution in [3.63, 3.8) is 0 Å². The molecule has 7 nitrogen and oxygen atoms in total. The molecule has 2 amide bonds. The number of nitrogens with one attached hydrogen (secondary N) is 2. The fourth-order valence-electron chi connectivity index (χ4n) is 4.09. The minimum Gasteiger partial charge on any atom is -0.497 e. The number of carbonyl (C=O) groups is 1. The Balaban J connectivity index is 1.55. The van der Waals surface area contributed by atoms with Gasteiger partial charge in [-0.15, -0.1) is 0 Å². The van der Waals surface area contributed by atoms with Gasteiger partial charge in [-0.2, -0.15) is 0 Å². The molecule has 1 saturated heterocycles. The quantitative estimate of drug-likeness (QED) is 0.590. The van der Waals surface area contributed by atoms with Gasteiger partial charge in [0, 0.05) is 29.9 Å². The van der Waals surface area contributed by atoms with Crippen LogP contribution in [0.4, 0.5) is 10.5 Å². The molecule has 0 saturated carbocycles. The van der Waals surface area contributed by atoms with Crippen LogP contribution < -0.4 is 15.6 Å². The van der Waals surface area contributed by atoms with Crippen molar-refractivity contribution in [2.45, 2.75) is 26.3 Å². The Morgan fingerprint density at radius 3 is 2.59 bits per heavy atom. The monoisotopic (exact) mass is 434 g/mol. The highest BCUT2D eigenvalue weighted by Crippen LogP contribution is 2.17. The number of amides is 2. The molecule has 1 aromatic heterocycles. The van der Waals surface area contributed by atoms with Gasteiger partial charge in [0.2, 0.25) is 0 Å². The molecule has 0 unspecified atom stereocenters. The van der Waals surface area contributed by atoms with Gasteiger partial charge in [-0.3, -0.25) is 4.79 Å². The van der Waals surface area contributed by atoms with Gasteiger partial charge < -0.3 is 24.8 Å². The van der Waals surface area contributed by atoms with Gasteiger partial charge in [0.05, 0.1) is 13.7 Å². The third kappa shape index (κ3) is 5.29. The molecule has 168 valence electrons. The van der Waals surface area contributed by atoms with Crippen molar-refractivity contribution >= 4 is 22.6 Å². The molecule has 3 aromatic rings. The number of rotatable bonds is 7. The maximum atomic E-state index is 13.2. The van der Waals surface area contributed by atoms with Crippen LogP contribution in [0.15, 0.2) is 53.3 Å². The highest BCUT2D eigenvalue weighted by molar-refractivity contribution is 5.89. The SMILES string of the molecule is COc1ccc(NC(=O)N(CCN2CCCC2)Cc2cc3cc(C)ccc3[nH]c2=O)cc1. The van der Waals surface area contributed by atoms with E-state index < -0.39 is 0 Å². The van der Waals surface area contributed by atoms with Gasteiger partial charge in [-0.1, -0.05) is 11.6 Å². The molecule has 1 aliphatic rings. The molecule has 0 atom stereocenters. The molecular weight excluding hydrogens is 404 g/mol. The average molecular weight is 435 g/mol. The Morgan fingerprint density at radius 2 is 1.88 bits per heavy atom. The molecule has 32 heavy (non-hydrogen) atoms. The first-order valence-corrected chi connectivity index (χ1v) is 11.1. The van der Waals surface area contributed by atoms with Crippen LogP contribution in [0, 0.1) is 6.92 Å². The normalized spacial score (nSPS) is 13.9. The number of pyridine rings is 1. The number of methoxy groups -OCH3 is 1. The molecule has 1 fully saturated rings. The molecule has 0 bridgehead atoms. The Kier molecular flexibility index (Phi) is 6.75. The predicted molar refractivity (Wildman–Crippen MR) is 127 cm³/mol. The summed E-state index contributed by atoms with van der Waals surface area (Å²) in [4.78, 5) is 32.9. The maximum absolute atomic E-state index is 13.2. The highest BCUT2D eigenvalue weighted by Gasteiger charge is 2.19. The van der Waals surface area contributed by atoms with E-state index in [0.29, 0.717) is 17.8 Å². The molecule has 2 aromatic carbocycles. The number of carbonyl (C=O) groups excluding carboxylic acids is 1. The molecule has 0 radical (unpaired) electrons. The van der Waals surface area contributed by atoms with E-state index in [4.69, 9.17) is 4.74 Å². The van der Waals surface area contributed by atoms with E-state index >= 15 is 0 Å². The van der Waals surface area contributed by atoms with E-state index in [-0.39, 0.29) is 18.1 Å². The van der Waals surface area contributed by atoms with Crippen LogP contribution in [0.5, 0.6) is 5.75 Å². The molecule has 1 aliphatic heterocycles. The minimum atomic E-state index is -0.224. The zero-order chi connectivity index (χ0) is 22.5. The van der Waals surface area contributed by atoms with Crippen molar-refractivity contribution in [2.75, 3.05) is 38.6 Å². The molecular formula is C25H30N4O3. The van der Waals surface area contributed by atoms with E-state index in [1.807, 2.05) is 31.2 Å². The third-order valence-electron chi connectivity index (χ3n) is 5.95.